The van der Waals surface area contributed by atoms with Crippen LogP contribution in [-0.4, -0.2) is 16.7 Å². The number of nitrogens with two attached hydrogens (primary N) is 1. The first-order chi connectivity index (χ1) is 9.10. The molecule has 0 aliphatic heterocycles. The van der Waals surface area contributed by atoms with Crippen molar-refractivity contribution in [2.24, 2.45) is 12.9 Å². The number of imidazole rings is 1. The van der Waals surface area contributed by atoms with Crippen LogP contribution in [-0.2, 0) is 7.05 Å². The average Bonchev–Trinajstić information content (AvgIpc) is 2.81. The molecule has 2 aromatic rings. The van der Waals surface area contributed by atoms with Gasteiger partial charge in [0.25, 0.3) is 0 Å². The predicted octanol–water partition coefficient (Wildman–Crippen LogP) is 1.60. The Morgan fingerprint density at radius 2 is 2.11 bits per heavy atom. The number of hydrogen-bond acceptors (Lipinski definition) is 4. The summed E-state index contributed by atoms with van der Waals surface area (Å²) in [4.78, 5) is 4.14. The maximum Gasteiger partial charge on any atom is 0.127 e. The fourth-order valence-corrected chi connectivity index (χ4v) is 2.29. The Balaban J connectivity index is 2.56. The highest BCUT2D eigenvalue weighted by Crippen LogP contribution is 2.33. The third-order valence-corrected chi connectivity index (χ3v) is 3.54. The van der Waals surface area contributed by atoms with E-state index >= 15 is 0 Å². The van der Waals surface area contributed by atoms with Gasteiger partial charge in [0, 0.05) is 12.6 Å². The number of ether oxygens (including phenoxy) is 1. The van der Waals surface area contributed by atoms with E-state index in [2.05, 4.69) is 30.3 Å². The van der Waals surface area contributed by atoms with Crippen molar-refractivity contribution in [3.8, 4) is 5.75 Å². The largest absolute Gasteiger partial charge is 0.496 e. The average molecular weight is 260 g/mol. The second-order valence-corrected chi connectivity index (χ2v) is 4.66. The minimum Gasteiger partial charge on any atom is -0.496 e. The summed E-state index contributed by atoms with van der Waals surface area (Å²) in [5, 5.41) is 0. The zero-order valence-electron chi connectivity index (χ0n) is 11.8. The molecule has 0 aliphatic carbocycles. The second kappa shape index (κ2) is 5.42. The van der Waals surface area contributed by atoms with Gasteiger partial charge in [0.2, 0.25) is 0 Å². The Labute approximate surface area is 113 Å². The van der Waals surface area contributed by atoms with Crippen LogP contribution in [0.2, 0.25) is 0 Å². The van der Waals surface area contributed by atoms with Crippen molar-refractivity contribution in [1.82, 2.24) is 15.0 Å². The van der Waals surface area contributed by atoms with Gasteiger partial charge in [-0.25, -0.2) is 10.4 Å². The van der Waals surface area contributed by atoms with E-state index in [0.29, 0.717) is 0 Å². The van der Waals surface area contributed by atoms with Gasteiger partial charge in [0.15, 0.2) is 0 Å². The number of aromatic nitrogens is 2. The van der Waals surface area contributed by atoms with E-state index in [-0.39, 0.29) is 6.04 Å². The molecule has 0 spiro atoms. The van der Waals surface area contributed by atoms with Crippen molar-refractivity contribution in [2.45, 2.75) is 19.9 Å². The van der Waals surface area contributed by atoms with Crippen LogP contribution in [0.5, 0.6) is 5.75 Å². The Morgan fingerprint density at radius 3 is 2.63 bits per heavy atom. The lowest BCUT2D eigenvalue weighted by Gasteiger charge is -2.21. The van der Waals surface area contributed by atoms with Crippen molar-refractivity contribution < 1.29 is 4.74 Å². The first-order valence-electron chi connectivity index (χ1n) is 6.16. The van der Waals surface area contributed by atoms with Gasteiger partial charge in [-0.15, -0.1) is 0 Å². The van der Waals surface area contributed by atoms with Crippen molar-refractivity contribution in [1.29, 1.82) is 0 Å². The number of rotatable bonds is 4. The molecule has 5 nitrogen and oxygen atoms in total. The first kappa shape index (κ1) is 13.6. The maximum absolute atomic E-state index is 5.73. The number of benzene rings is 1. The molecule has 2 rings (SSSR count). The monoisotopic (exact) mass is 260 g/mol. The Hall–Kier alpha value is -1.85. The molecule has 19 heavy (non-hydrogen) atoms. The third-order valence-electron chi connectivity index (χ3n) is 3.54. The van der Waals surface area contributed by atoms with E-state index in [1.165, 1.54) is 5.56 Å². The highest BCUT2D eigenvalue weighted by Gasteiger charge is 2.21. The Kier molecular flexibility index (Phi) is 3.87. The number of aryl methyl sites for hydroxylation is 2. The molecule has 102 valence electrons. The molecule has 0 fully saturated rings. The third kappa shape index (κ3) is 2.34. The fraction of sp³-hybridized carbons (Fsp3) is 0.357. The van der Waals surface area contributed by atoms with Crippen LogP contribution in [0, 0.1) is 13.8 Å². The zero-order chi connectivity index (χ0) is 14.0. The molecule has 3 N–H and O–H groups in total. The SMILES string of the molecule is COc1c(C(NN)c2cncn2C)ccc(C)c1C. The molecule has 0 aliphatic rings. The van der Waals surface area contributed by atoms with E-state index in [9.17, 15) is 0 Å². The standard InChI is InChI=1S/C14H20N4O/c1-9-5-6-11(14(19-4)10(9)2)13(17-15)12-7-16-8-18(12)3/h5-8,13,17H,15H2,1-4H3. The smallest absolute Gasteiger partial charge is 0.127 e. The number of hydrazine groups is 1. The lowest BCUT2D eigenvalue weighted by molar-refractivity contribution is 0.399. The summed E-state index contributed by atoms with van der Waals surface area (Å²) in [5.74, 6) is 6.59. The summed E-state index contributed by atoms with van der Waals surface area (Å²) in [6.45, 7) is 4.12. The van der Waals surface area contributed by atoms with Gasteiger partial charge in [-0.3, -0.25) is 5.84 Å². The molecule has 1 heterocycles. The quantitative estimate of drug-likeness (QED) is 0.647. The lowest BCUT2D eigenvalue weighted by Crippen LogP contribution is -2.30. The number of nitrogens with one attached hydrogen (secondary N) is 1. The fourth-order valence-electron chi connectivity index (χ4n) is 2.29. The molecule has 1 unspecified atom stereocenters. The van der Waals surface area contributed by atoms with Crippen LogP contribution in [0.15, 0.2) is 24.7 Å². The van der Waals surface area contributed by atoms with Crippen molar-refractivity contribution in [2.75, 3.05) is 7.11 Å². The van der Waals surface area contributed by atoms with Crippen LogP contribution in [0.25, 0.3) is 0 Å². The molecule has 5 heteroatoms. The maximum atomic E-state index is 5.73. The van der Waals surface area contributed by atoms with Crippen LogP contribution in [0.3, 0.4) is 0 Å². The minimum atomic E-state index is -0.151. The van der Waals surface area contributed by atoms with Crippen LogP contribution in [0.1, 0.15) is 28.4 Å². The number of nitrogens with zero attached hydrogens (tertiary/aromatic N) is 2. The van der Waals surface area contributed by atoms with E-state index in [0.717, 1.165) is 22.6 Å². The van der Waals surface area contributed by atoms with E-state index in [1.807, 2.05) is 17.7 Å². The summed E-state index contributed by atoms with van der Waals surface area (Å²) >= 11 is 0. The zero-order valence-corrected chi connectivity index (χ0v) is 11.8. The van der Waals surface area contributed by atoms with Gasteiger partial charge in [0.1, 0.15) is 5.75 Å². The van der Waals surface area contributed by atoms with Crippen LogP contribution in [0.4, 0.5) is 0 Å². The Bertz CT molecular complexity index is 577. The van der Waals surface area contributed by atoms with Crippen molar-refractivity contribution in [3.63, 3.8) is 0 Å². The second-order valence-electron chi connectivity index (χ2n) is 4.66. The van der Waals surface area contributed by atoms with Gasteiger partial charge in [0.05, 0.1) is 31.4 Å². The molecule has 1 atom stereocenters. The minimum absolute atomic E-state index is 0.151. The van der Waals surface area contributed by atoms with E-state index in [4.69, 9.17) is 10.6 Å². The van der Waals surface area contributed by atoms with E-state index < -0.39 is 0 Å². The summed E-state index contributed by atoms with van der Waals surface area (Å²) in [7, 11) is 3.63. The lowest BCUT2D eigenvalue weighted by atomic mass is 9.97. The molecule has 1 aromatic carbocycles. The normalized spacial score (nSPS) is 12.5. The van der Waals surface area contributed by atoms with Crippen LogP contribution < -0.4 is 16.0 Å². The van der Waals surface area contributed by atoms with Crippen LogP contribution >= 0.6 is 0 Å². The molecule has 0 amide bonds. The van der Waals surface area contributed by atoms with Crippen molar-refractivity contribution in [3.05, 3.63) is 47.0 Å². The van der Waals surface area contributed by atoms with Gasteiger partial charge in [-0.05, 0) is 25.0 Å². The van der Waals surface area contributed by atoms with Crippen molar-refractivity contribution >= 4 is 0 Å². The van der Waals surface area contributed by atoms with Gasteiger partial charge >= 0.3 is 0 Å². The Morgan fingerprint density at radius 1 is 1.37 bits per heavy atom. The molecular weight excluding hydrogens is 240 g/mol. The highest BCUT2D eigenvalue weighted by molar-refractivity contribution is 5.48. The number of hydrogen-bond donors (Lipinski definition) is 2. The summed E-state index contributed by atoms with van der Waals surface area (Å²) in [6.07, 6.45) is 3.56. The van der Waals surface area contributed by atoms with Gasteiger partial charge < -0.3 is 9.30 Å². The molecule has 0 saturated heterocycles. The predicted molar refractivity (Wildman–Crippen MR) is 74.8 cm³/mol. The highest BCUT2D eigenvalue weighted by atomic mass is 16.5. The topological polar surface area (TPSA) is 65.1 Å². The molecule has 0 radical (unpaired) electrons. The summed E-state index contributed by atoms with van der Waals surface area (Å²) < 4.78 is 7.50. The van der Waals surface area contributed by atoms with Gasteiger partial charge in [-0.1, -0.05) is 12.1 Å². The molecular formula is C14H20N4O. The van der Waals surface area contributed by atoms with Gasteiger partial charge in [-0.2, -0.15) is 0 Å². The number of methoxy groups -OCH3 is 1. The molecule has 0 bridgehead atoms. The summed E-state index contributed by atoms with van der Waals surface area (Å²) in [6, 6.07) is 3.97. The first-order valence-corrected chi connectivity index (χ1v) is 6.16. The molecule has 1 aromatic heterocycles. The summed E-state index contributed by atoms with van der Waals surface area (Å²) in [5.41, 5.74) is 7.17. The van der Waals surface area contributed by atoms with E-state index in [1.54, 1.807) is 19.6 Å². The molecule has 0 saturated carbocycles.